The highest BCUT2D eigenvalue weighted by Gasteiger charge is 2.14. The van der Waals surface area contributed by atoms with Gasteiger partial charge >= 0.3 is 0 Å². The number of ketones is 1. The van der Waals surface area contributed by atoms with Crippen molar-refractivity contribution in [3.05, 3.63) is 65.2 Å². The molecule has 2 nitrogen and oxygen atoms in total. The summed E-state index contributed by atoms with van der Waals surface area (Å²) in [6, 6.07) is 15.1. The standard InChI is InChI=1S/C18H20O2/c1-3-4-12-20-17-13-14(2)10-11-16(17)18(19)15-8-6-5-7-9-15/h5-11,13H,3-4,12H2,1-2H3. The monoisotopic (exact) mass is 268 g/mol. The Morgan fingerprint density at radius 3 is 2.55 bits per heavy atom. The van der Waals surface area contributed by atoms with Crippen LogP contribution in [0.15, 0.2) is 48.5 Å². The van der Waals surface area contributed by atoms with Gasteiger partial charge in [-0.1, -0.05) is 49.7 Å². The molecule has 0 unspecified atom stereocenters. The molecule has 104 valence electrons. The van der Waals surface area contributed by atoms with E-state index >= 15 is 0 Å². The molecule has 0 bridgehead atoms. The summed E-state index contributed by atoms with van der Waals surface area (Å²) in [5.41, 5.74) is 2.43. The third-order valence-electron chi connectivity index (χ3n) is 3.17. The quantitative estimate of drug-likeness (QED) is 0.573. The lowest BCUT2D eigenvalue weighted by Gasteiger charge is -2.11. The van der Waals surface area contributed by atoms with E-state index in [4.69, 9.17) is 4.74 Å². The zero-order chi connectivity index (χ0) is 14.4. The number of carbonyl (C=O) groups is 1. The second-order valence-corrected chi connectivity index (χ2v) is 4.90. The minimum atomic E-state index is 0.0112. The van der Waals surface area contributed by atoms with Crippen LogP contribution in [-0.4, -0.2) is 12.4 Å². The maximum absolute atomic E-state index is 12.5. The zero-order valence-corrected chi connectivity index (χ0v) is 12.1. The van der Waals surface area contributed by atoms with Crippen LogP contribution < -0.4 is 4.74 Å². The maximum atomic E-state index is 12.5. The van der Waals surface area contributed by atoms with Gasteiger partial charge in [0.05, 0.1) is 12.2 Å². The van der Waals surface area contributed by atoms with E-state index in [0.717, 1.165) is 18.4 Å². The Labute approximate surface area is 120 Å². The number of hydrogen-bond acceptors (Lipinski definition) is 2. The second-order valence-electron chi connectivity index (χ2n) is 4.90. The van der Waals surface area contributed by atoms with Gasteiger partial charge in [0, 0.05) is 5.56 Å². The van der Waals surface area contributed by atoms with Crippen molar-refractivity contribution in [2.24, 2.45) is 0 Å². The van der Waals surface area contributed by atoms with Gasteiger partial charge in [-0.3, -0.25) is 4.79 Å². The highest BCUT2D eigenvalue weighted by atomic mass is 16.5. The van der Waals surface area contributed by atoms with Crippen LogP contribution in [-0.2, 0) is 0 Å². The fourth-order valence-corrected chi connectivity index (χ4v) is 2.01. The average molecular weight is 268 g/mol. The van der Waals surface area contributed by atoms with Crippen molar-refractivity contribution in [1.82, 2.24) is 0 Å². The molecule has 20 heavy (non-hydrogen) atoms. The van der Waals surface area contributed by atoms with Crippen LogP contribution in [0.5, 0.6) is 5.75 Å². The molecule has 0 spiro atoms. The maximum Gasteiger partial charge on any atom is 0.196 e. The highest BCUT2D eigenvalue weighted by Crippen LogP contribution is 2.23. The minimum Gasteiger partial charge on any atom is -0.493 e. The molecule has 2 aromatic rings. The van der Waals surface area contributed by atoms with E-state index < -0.39 is 0 Å². The summed E-state index contributed by atoms with van der Waals surface area (Å²) in [7, 11) is 0. The molecule has 2 aromatic carbocycles. The van der Waals surface area contributed by atoms with Gasteiger partial charge in [0.1, 0.15) is 5.75 Å². The summed E-state index contributed by atoms with van der Waals surface area (Å²) in [6.07, 6.45) is 2.07. The second kappa shape index (κ2) is 6.90. The number of unbranched alkanes of at least 4 members (excludes halogenated alkanes) is 1. The van der Waals surface area contributed by atoms with Crippen LogP contribution in [0.25, 0.3) is 0 Å². The Morgan fingerprint density at radius 2 is 1.85 bits per heavy atom. The van der Waals surface area contributed by atoms with Crippen LogP contribution in [0.3, 0.4) is 0 Å². The summed E-state index contributed by atoms with van der Waals surface area (Å²) in [5.74, 6) is 0.699. The lowest BCUT2D eigenvalue weighted by Crippen LogP contribution is -2.06. The SMILES string of the molecule is CCCCOc1cc(C)ccc1C(=O)c1ccccc1. The largest absolute Gasteiger partial charge is 0.493 e. The van der Waals surface area contributed by atoms with Crippen molar-refractivity contribution in [1.29, 1.82) is 0 Å². The van der Waals surface area contributed by atoms with E-state index in [0.29, 0.717) is 23.5 Å². The molecule has 0 aliphatic rings. The van der Waals surface area contributed by atoms with Crippen molar-refractivity contribution < 1.29 is 9.53 Å². The number of aryl methyl sites for hydroxylation is 1. The summed E-state index contributed by atoms with van der Waals surface area (Å²) in [5, 5.41) is 0. The fourth-order valence-electron chi connectivity index (χ4n) is 2.01. The molecule has 0 aromatic heterocycles. The molecule has 0 aliphatic heterocycles. The number of hydrogen-bond donors (Lipinski definition) is 0. The zero-order valence-electron chi connectivity index (χ0n) is 12.1. The van der Waals surface area contributed by atoms with Gasteiger partial charge in [-0.05, 0) is 31.0 Å². The summed E-state index contributed by atoms with van der Waals surface area (Å²) < 4.78 is 5.78. The van der Waals surface area contributed by atoms with E-state index in [9.17, 15) is 4.79 Å². The van der Waals surface area contributed by atoms with Crippen molar-refractivity contribution in [3.8, 4) is 5.75 Å². The molecular weight excluding hydrogens is 248 g/mol. The van der Waals surface area contributed by atoms with E-state index in [1.54, 1.807) is 0 Å². The Morgan fingerprint density at radius 1 is 1.10 bits per heavy atom. The summed E-state index contributed by atoms with van der Waals surface area (Å²) >= 11 is 0. The van der Waals surface area contributed by atoms with Crippen LogP contribution in [0, 0.1) is 6.92 Å². The molecule has 0 heterocycles. The highest BCUT2D eigenvalue weighted by molar-refractivity contribution is 6.10. The molecule has 0 saturated heterocycles. The first kappa shape index (κ1) is 14.3. The number of benzene rings is 2. The Hall–Kier alpha value is -2.09. The molecule has 2 rings (SSSR count). The third-order valence-corrected chi connectivity index (χ3v) is 3.17. The van der Waals surface area contributed by atoms with Crippen molar-refractivity contribution >= 4 is 5.78 Å². The first-order valence-corrected chi connectivity index (χ1v) is 7.05. The van der Waals surface area contributed by atoms with Crippen LogP contribution in [0.2, 0.25) is 0 Å². The Kier molecular flexibility index (Phi) is 4.94. The summed E-state index contributed by atoms with van der Waals surface area (Å²) in [6.45, 7) is 4.77. The van der Waals surface area contributed by atoms with Crippen molar-refractivity contribution in [2.75, 3.05) is 6.61 Å². The molecule has 0 amide bonds. The average Bonchev–Trinajstić information content (AvgIpc) is 2.48. The number of rotatable bonds is 6. The molecule has 0 fully saturated rings. The molecular formula is C18H20O2. The first-order valence-electron chi connectivity index (χ1n) is 7.05. The van der Waals surface area contributed by atoms with Gasteiger partial charge in [-0.25, -0.2) is 0 Å². The van der Waals surface area contributed by atoms with Crippen LogP contribution in [0.4, 0.5) is 0 Å². The first-order chi connectivity index (χ1) is 9.72. The molecule has 0 atom stereocenters. The fraction of sp³-hybridized carbons (Fsp3) is 0.278. The van der Waals surface area contributed by atoms with Gasteiger partial charge in [-0.15, -0.1) is 0 Å². The summed E-state index contributed by atoms with van der Waals surface area (Å²) in [4.78, 5) is 12.5. The third kappa shape index (κ3) is 3.47. The topological polar surface area (TPSA) is 26.3 Å². The minimum absolute atomic E-state index is 0.0112. The van der Waals surface area contributed by atoms with E-state index in [1.807, 2.05) is 55.5 Å². The predicted octanol–water partition coefficient (Wildman–Crippen LogP) is 4.40. The molecule has 0 radical (unpaired) electrons. The predicted molar refractivity (Wildman–Crippen MR) is 81.5 cm³/mol. The van der Waals surface area contributed by atoms with Gasteiger partial charge in [0.25, 0.3) is 0 Å². The van der Waals surface area contributed by atoms with E-state index in [1.165, 1.54) is 0 Å². The van der Waals surface area contributed by atoms with Gasteiger partial charge in [-0.2, -0.15) is 0 Å². The van der Waals surface area contributed by atoms with E-state index in [-0.39, 0.29) is 5.78 Å². The van der Waals surface area contributed by atoms with Gasteiger partial charge in [0.2, 0.25) is 0 Å². The smallest absolute Gasteiger partial charge is 0.196 e. The Balaban J connectivity index is 2.28. The Bertz CT molecular complexity index is 573. The molecule has 0 saturated carbocycles. The molecule has 0 N–H and O–H groups in total. The lowest BCUT2D eigenvalue weighted by atomic mass is 10.0. The van der Waals surface area contributed by atoms with Crippen LogP contribution in [0.1, 0.15) is 41.3 Å². The lowest BCUT2D eigenvalue weighted by molar-refractivity contribution is 0.103. The number of ether oxygens (including phenoxy) is 1. The molecule has 2 heteroatoms. The number of carbonyl (C=O) groups excluding carboxylic acids is 1. The van der Waals surface area contributed by atoms with Gasteiger partial charge in [0.15, 0.2) is 5.78 Å². The van der Waals surface area contributed by atoms with Crippen molar-refractivity contribution in [3.63, 3.8) is 0 Å². The van der Waals surface area contributed by atoms with Crippen LogP contribution >= 0.6 is 0 Å². The van der Waals surface area contributed by atoms with E-state index in [2.05, 4.69) is 6.92 Å². The van der Waals surface area contributed by atoms with Crippen molar-refractivity contribution in [2.45, 2.75) is 26.7 Å². The molecule has 0 aliphatic carbocycles. The van der Waals surface area contributed by atoms with Gasteiger partial charge < -0.3 is 4.74 Å². The normalized spacial score (nSPS) is 10.3.